The van der Waals surface area contributed by atoms with Gasteiger partial charge in [-0.25, -0.2) is 4.79 Å². The molecule has 1 rings (SSSR count). The number of hydrogen-bond donors (Lipinski definition) is 0. The summed E-state index contributed by atoms with van der Waals surface area (Å²) >= 11 is -1.36. The van der Waals surface area contributed by atoms with Gasteiger partial charge in [-0.1, -0.05) is 0 Å². The first kappa shape index (κ1) is 12.9. The lowest BCUT2D eigenvalue weighted by molar-refractivity contribution is -0.139. The molecule has 0 radical (unpaired) electrons. The van der Waals surface area contributed by atoms with Crippen molar-refractivity contribution in [2.75, 3.05) is 19.5 Å². The van der Waals surface area contributed by atoms with Crippen LogP contribution in [0.15, 0.2) is 29.2 Å². The van der Waals surface area contributed by atoms with Crippen molar-refractivity contribution < 1.29 is 18.8 Å². The first-order valence-corrected chi connectivity index (χ1v) is 6.17. The SMILES string of the molecule is CCOC(=O)C[S+]([O-])c1ccc(OC)cc1. The zero-order chi connectivity index (χ0) is 12.0. The molecule has 0 N–H and O–H groups in total. The smallest absolute Gasteiger partial charge is 0.356 e. The Bertz CT molecular complexity index is 336. The average Bonchev–Trinajstić information content (AvgIpc) is 2.29. The summed E-state index contributed by atoms with van der Waals surface area (Å²) in [5.41, 5.74) is 0. The van der Waals surface area contributed by atoms with Crippen LogP contribution in [0.2, 0.25) is 0 Å². The summed E-state index contributed by atoms with van der Waals surface area (Å²) in [5.74, 6) is 0.133. The molecule has 0 aliphatic rings. The fourth-order valence-corrected chi connectivity index (χ4v) is 2.02. The van der Waals surface area contributed by atoms with Crippen molar-refractivity contribution in [3.8, 4) is 5.75 Å². The largest absolute Gasteiger partial charge is 0.611 e. The molecule has 16 heavy (non-hydrogen) atoms. The topological polar surface area (TPSA) is 58.6 Å². The highest BCUT2D eigenvalue weighted by Crippen LogP contribution is 2.16. The van der Waals surface area contributed by atoms with Crippen LogP contribution >= 0.6 is 0 Å². The Labute approximate surface area is 97.7 Å². The van der Waals surface area contributed by atoms with E-state index in [4.69, 9.17) is 9.47 Å². The lowest BCUT2D eigenvalue weighted by Gasteiger charge is -2.09. The number of carbonyl (C=O) groups excluding carboxylic acids is 1. The van der Waals surface area contributed by atoms with E-state index >= 15 is 0 Å². The van der Waals surface area contributed by atoms with Crippen molar-refractivity contribution in [3.05, 3.63) is 24.3 Å². The second-order valence-corrected chi connectivity index (χ2v) is 4.42. The predicted octanol–water partition coefficient (Wildman–Crippen LogP) is 1.37. The number of ether oxygens (including phenoxy) is 2. The first-order chi connectivity index (χ1) is 7.67. The van der Waals surface area contributed by atoms with Crippen molar-refractivity contribution in [2.24, 2.45) is 0 Å². The van der Waals surface area contributed by atoms with Crippen molar-refractivity contribution >= 4 is 17.1 Å². The summed E-state index contributed by atoms with van der Waals surface area (Å²) in [6.07, 6.45) is 0. The number of carbonyl (C=O) groups is 1. The molecule has 0 aliphatic carbocycles. The summed E-state index contributed by atoms with van der Waals surface area (Å²) in [7, 11) is 1.56. The number of benzene rings is 1. The van der Waals surface area contributed by atoms with Gasteiger partial charge in [0.05, 0.1) is 13.7 Å². The Morgan fingerprint density at radius 3 is 2.50 bits per heavy atom. The van der Waals surface area contributed by atoms with Crippen LogP contribution in [-0.4, -0.2) is 30.0 Å². The van der Waals surface area contributed by atoms with Gasteiger partial charge in [0.25, 0.3) is 0 Å². The van der Waals surface area contributed by atoms with Crippen LogP contribution in [0.25, 0.3) is 0 Å². The van der Waals surface area contributed by atoms with Crippen molar-refractivity contribution in [1.82, 2.24) is 0 Å². The minimum Gasteiger partial charge on any atom is -0.611 e. The van der Waals surface area contributed by atoms with E-state index in [2.05, 4.69) is 0 Å². The van der Waals surface area contributed by atoms with E-state index in [0.717, 1.165) is 0 Å². The molecule has 0 aromatic heterocycles. The molecule has 0 saturated heterocycles. The molecule has 1 aromatic carbocycles. The molecule has 0 bridgehead atoms. The maximum absolute atomic E-state index is 11.7. The van der Waals surface area contributed by atoms with E-state index in [1.54, 1.807) is 38.3 Å². The highest BCUT2D eigenvalue weighted by Gasteiger charge is 2.16. The van der Waals surface area contributed by atoms with Crippen molar-refractivity contribution in [1.29, 1.82) is 0 Å². The zero-order valence-corrected chi connectivity index (χ0v) is 10.1. The van der Waals surface area contributed by atoms with Gasteiger partial charge in [0.15, 0.2) is 4.90 Å². The van der Waals surface area contributed by atoms with E-state index in [-0.39, 0.29) is 5.75 Å². The Morgan fingerprint density at radius 2 is 2.00 bits per heavy atom. The van der Waals surface area contributed by atoms with Crippen LogP contribution in [0.4, 0.5) is 0 Å². The van der Waals surface area contributed by atoms with Crippen LogP contribution in [0.5, 0.6) is 5.75 Å². The van der Waals surface area contributed by atoms with Crippen LogP contribution in [0.1, 0.15) is 6.92 Å². The van der Waals surface area contributed by atoms with Crippen LogP contribution in [-0.2, 0) is 20.7 Å². The summed E-state index contributed by atoms with van der Waals surface area (Å²) in [6.45, 7) is 2.02. The van der Waals surface area contributed by atoms with Crippen molar-refractivity contribution in [2.45, 2.75) is 11.8 Å². The monoisotopic (exact) mass is 242 g/mol. The minimum absolute atomic E-state index is 0.111. The number of methoxy groups -OCH3 is 1. The molecule has 1 unspecified atom stereocenters. The second kappa shape index (κ2) is 6.40. The average molecular weight is 242 g/mol. The molecule has 0 aliphatic heterocycles. The molecule has 0 spiro atoms. The maximum atomic E-state index is 11.7. The summed E-state index contributed by atoms with van der Waals surface area (Å²) in [4.78, 5) is 11.7. The highest BCUT2D eigenvalue weighted by molar-refractivity contribution is 7.92. The van der Waals surface area contributed by atoms with E-state index < -0.39 is 17.1 Å². The number of esters is 1. The van der Waals surface area contributed by atoms with Crippen molar-refractivity contribution in [3.63, 3.8) is 0 Å². The van der Waals surface area contributed by atoms with E-state index in [9.17, 15) is 9.35 Å². The molecule has 88 valence electrons. The van der Waals surface area contributed by atoms with Gasteiger partial charge in [-0.15, -0.1) is 0 Å². The molecule has 0 amide bonds. The van der Waals surface area contributed by atoms with Gasteiger partial charge in [0, 0.05) is 0 Å². The molecule has 0 fully saturated rings. The van der Waals surface area contributed by atoms with Gasteiger partial charge < -0.3 is 14.0 Å². The van der Waals surface area contributed by atoms with Crippen LogP contribution in [0.3, 0.4) is 0 Å². The molecular weight excluding hydrogens is 228 g/mol. The molecule has 1 atom stereocenters. The Morgan fingerprint density at radius 1 is 1.38 bits per heavy atom. The van der Waals surface area contributed by atoms with Crippen LogP contribution in [0, 0.1) is 0 Å². The van der Waals surface area contributed by atoms with E-state index in [1.807, 2.05) is 0 Å². The van der Waals surface area contributed by atoms with Crippen LogP contribution < -0.4 is 4.74 Å². The molecular formula is C11H14O4S. The van der Waals surface area contributed by atoms with Gasteiger partial charge in [-0.2, -0.15) is 0 Å². The zero-order valence-electron chi connectivity index (χ0n) is 9.26. The standard InChI is InChI=1S/C11H14O4S/c1-3-15-11(12)8-16(13)10-6-4-9(14-2)5-7-10/h4-7H,3,8H2,1-2H3. The van der Waals surface area contributed by atoms with Gasteiger partial charge in [-0.05, 0) is 42.4 Å². The summed E-state index contributed by atoms with van der Waals surface area (Å²) in [5, 5.41) is 0. The fourth-order valence-electron chi connectivity index (χ4n) is 1.12. The third-order valence-corrected chi connectivity index (χ3v) is 3.17. The Balaban J connectivity index is 2.58. The predicted molar refractivity (Wildman–Crippen MR) is 60.9 cm³/mol. The van der Waals surface area contributed by atoms with Gasteiger partial charge in [-0.3, -0.25) is 0 Å². The number of rotatable bonds is 5. The second-order valence-electron chi connectivity index (χ2n) is 2.97. The maximum Gasteiger partial charge on any atom is 0.356 e. The van der Waals surface area contributed by atoms with Gasteiger partial charge >= 0.3 is 5.97 Å². The number of hydrogen-bond acceptors (Lipinski definition) is 4. The molecule has 5 heteroatoms. The third-order valence-electron chi connectivity index (χ3n) is 1.88. The third kappa shape index (κ3) is 3.75. The minimum atomic E-state index is -1.36. The lowest BCUT2D eigenvalue weighted by atomic mass is 10.3. The normalized spacial score (nSPS) is 11.9. The van der Waals surface area contributed by atoms with E-state index in [0.29, 0.717) is 17.3 Å². The molecule has 0 saturated carbocycles. The quantitative estimate of drug-likeness (QED) is 0.578. The Hall–Kier alpha value is -1.20. The first-order valence-electron chi connectivity index (χ1n) is 4.85. The molecule has 0 heterocycles. The highest BCUT2D eigenvalue weighted by atomic mass is 32.2. The van der Waals surface area contributed by atoms with Gasteiger partial charge in [0.1, 0.15) is 5.75 Å². The fraction of sp³-hybridized carbons (Fsp3) is 0.364. The summed E-state index contributed by atoms with van der Waals surface area (Å²) in [6, 6.07) is 6.76. The molecule has 1 aromatic rings. The van der Waals surface area contributed by atoms with E-state index in [1.165, 1.54) is 0 Å². The molecule has 4 nitrogen and oxygen atoms in total. The van der Waals surface area contributed by atoms with Gasteiger partial charge in [0.2, 0.25) is 5.75 Å². The summed E-state index contributed by atoms with van der Waals surface area (Å²) < 4.78 is 21.4. The lowest BCUT2D eigenvalue weighted by Crippen LogP contribution is -2.18. The Kier molecular flexibility index (Phi) is 5.14.